The van der Waals surface area contributed by atoms with Crippen molar-refractivity contribution in [2.45, 2.75) is 133 Å². The van der Waals surface area contributed by atoms with Crippen molar-refractivity contribution in [3.63, 3.8) is 0 Å². The van der Waals surface area contributed by atoms with E-state index >= 15 is 0 Å². The summed E-state index contributed by atoms with van der Waals surface area (Å²) in [4.78, 5) is 5.04. The van der Waals surface area contributed by atoms with Gasteiger partial charge in [0.15, 0.2) is 0 Å². The SMILES string of the molecule is Cc1cc(C)c([13C](=[B-]([13C]#[N+]C(C)(C)C)N(B2OC(C)(C)C(C)(C)O2)C(C)(C)C)c2c(C)cc(C)cc2C)c(C)c1. The minimum absolute atomic E-state index is 0.294. The topological polar surface area (TPSA) is 26.1 Å². The van der Waals surface area contributed by atoms with Crippen LogP contribution in [0.3, 0.4) is 0 Å². The zero-order valence-corrected chi connectivity index (χ0v) is 28.2. The molecule has 0 aromatic heterocycles. The summed E-state index contributed by atoms with van der Waals surface area (Å²) in [6.07, 6.45) is 0. The van der Waals surface area contributed by atoms with Gasteiger partial charge in [-0.15, -0.1) is 4.85 Å². The molecule has 0 N–H and O–H groups in total. The molecule has 1 aliphatic rings. The Balaban J connectivity index is 2.61. The highest BCUT2D eigenvalue weighted by molar-refractivity contribution is 6.85. The van der Waals surface area contributed by atoms with Crippen molar-refractivity contribution >= 4 is 19.2 Å². The van der Waals surface area contributed by atoms with Crippen LogP contribution in [0.2, 0.25) is 0 Å². The Morgan fingerprint density at radius 1 is 0.725 bits per heavy atom. The fourth-order valence-electron chi connectivity index (χ4n) is 5.88. The second kappa shape index (κ2) is 10.8. The zero-order chi connectivity index (χ0) is 30.6. The lowest BCUT2D eigenvalue weighted by molar-refractivity contribution is 0.00578. The molecule has 1 saturated heterocycles. The lowest BCUT2D eigenvalue weighted by Gasteiger charge is -2.48. The Morgan fingerprint density at radius 2 is 1.07 bits per heavy atom. The molecule has 2 aromatic carbocycles. The molecule has 4 nitrogen and oxygen atoms in total. The minimum Gasteiger partial charge on any atom is -0.560 e. The molecule has 0 radical (unpaired) electrons. The summed E-state index contributed by atoms with van der Waals surface area (Å²) in [5, 5.41) is 0. The van der Waals surface area contributed by atoms with E-state index in [1.54, 1.807) is 0 Å². The molecule has 0 unspecified atom stereocenters. The first-order chi connectivity index (χ1) is 18.1. The van der Waals surface area contributed by atoms with Gasteiger partial charge in [0.05, 0.1) is 11.2 Å². The van der Waals surface area contributed by atoms with Crippen molar-refractivity contribution in [2.24, 2.45) is 0 Å². The van der Waals surface area contributed by atoms with Crippen LogP contribution in [-0.4, -0.2) is 46.2 Å². The maximum atomic E-state index is 6.76. The summed E-state index contributed by atoms with van der Waals surface area (Å²) in [7, 11) is -0.579. The summed E-state index contributed by atoms with van der Waals surface area (Å²) in [6, 6.07) is 9.15. The van der Waals surface area contributed by atoms with Crippen LogP contribution >= 0.6 is 0 Å². The van der Waals surface area contributed by atoms with Gasteiger partial charge in [0, 0.05) is 26.7 Å². The van der Waals surface area contributed by atoms with Crippen LogP contribution in [0.4, 0.5) is 0 Å². The van der Waals surface area contributed by atoms with E-state index in [-0.39, 0.29) is 17.6 Å². The number of aryl methyl sites for hydroxylation is 6. The molecule has 0 spiro atoms. The summed E-state index contributed by atoms with van der Waals surface area (Å²) in [5.74, 6) is 3.69. The fraction of sp³-hybridized carbons (Fsp3) is 0.588. The zero-order valence-electron chi connectivity index (χ0n) is 28.2. The molecular weight excluding hydrogens is 492 g/mol. The number of benzene rings is 2. The van der Waals surface area contributed by atoms with Gasteiger partial charge in [-0.3, -0.25) is 0 Å². The highest BCUT2D eigenvalue weighted by Gasteiger charge is 2.54. The molecule has 40 heavy (non-hydrogen) atoms. The van der Waals surface area contributed by atoms with Gasteiger partial charge in [0.1, 0.15) is 6.49 Å². The van der Waals surface area contributed by atoms with E-state index in [1.165, 1.54) is 50.0 Å². The second-order valence-electron chi connectivity index (χ2n) is 14.9. The van der Waals surface area contributed by atoms with Crippen molar-refractivity contribution < 1.29 is 9.31 Å². The van der Waals surface area contributed by atoms with Gasteiger partial charge in [-0.2, -0.15) is 5.46 Å². The molecule has 2 aromatic rings. The molecule has 0 amide bonds. The summed E-state index contributed by atoms with van der Waals surface area (Å²) in [5.41, 5.74) is 9.62. The molecule has 1 aliphatic heterocycles. The van der Waals surface area contributed by atoms with Crippen LogP contribution in [0.25, 0.3) is 4.85 Å². The molecule has 1 fully saturated rings. The van der Waals surface area contributed by atoms with Crippen LogP contribution in [0.15, 0.2) is 24.3 Å². The van der Waals surface area contributed by atoms with Gasteiger partial charge in [-0.25, -0.2) is 0 Å². The van der Waals surface area contributed by atoms with Gasteiger partial charge < -0.3 is 14.0 Å². The fourth-order valence-corrected chi connectivity index (χ4v) is 5.88. The lowest BCUT2D eigenvalue weighted by atomic mass is 9.72. The lowest BCUT2D eigenvalue weighted by Crippen LogP contribution is -2.59. The summed E-state index contributed by atoms with van der Waals surface area (Å²) in [6.45, 7) is 34.4. The molecule has 3 rings (SSSR count). The van der Waals surface area contributed by atoms with Crippen molar-refractivity contribution in [1.29, 1.82) is 0 Å². The van der Waals surface area contributed by atoms with E-state index in [9.17, 15) is 0 Å². The molecule has 0 saturated carbocycles. The maximum absolute atomic E-state index is 6.76. The Bertz CT molecular complexity index is 1270. The minimum atomic E-state index is -0.579. The average molecular weight is 544 g/mol. The number of nitrogens with zero attached hydrogens (tertiary/aromatic N) is 2. The van der Waals surface area contributed by atoms with Crippen LogP contribution in [-0.2, 0) is 9.31 Å². The van der Waals surface area contributed by atoms with Gasteiger partial charge in [-0.05, 0) is 118 Å². The van der Waals surface area contributed by atoms with Gasteiger partial charge in [0.25, 0.3) is 5.54 Å². The quantitative estimate of drug-likeness (QED) is 0.288. The van der Waals surface area contributed by atoms with E-state index in [4.69, 9.17) is 14.2 Å². The Kier molecular flexibility index (Phi) is 8.69. The first kappa shape index (κ1) is 32.2. The number of hydrogen-bond acceptors (Lipinski definition) is 3. The van der Waals surface area contributed by atoms with Crippen LogP contribution < -0.4 is 0 Å². The Hall–Kier alpha value is -2.35. The van der Waals surface area contributed by atoms with Crippen LogP contribution in [0.5, 0.6) is 0 Å². The average Bonchev–Trinajstić information content (AvgIpc) is 2.93. The predicted octanol–water partition coefficient (Wildman–Crippen LogP) is 8.04. The standard InChI is InChI=1S/C34H52B2N2O2/c1-22-17-24(3)28(25(4)18-22)30(29-26(5)19-23(2)20-27(29)6)35(21-37-31(7,8)9)38(32(10,11)12)36-39-33(13,14)34(15,16)40-36/h17-20H,1-16H3/i21+1,30+1. The molecule has 216 valence electrons. The first-order valence-corrected chi connectivity index (χ1v) is 14.7. The Labute approximate surface area is 245 Å². The van der Waals surface area contributed by atoms with Crippen molar-refractivity contribution in [3.05, 3.63) is 73.6 Å². The van der Waals surface area contributed by atoms with E-state index < -0.39 is 18.5 Å². The third-order valence-corrected chi connectivity index (χ3v) is 8.21. The van der Waals surface area contributed by atoms with Crippen molar-refractivity contribution in [3.8, 4) is 5.97 Å². The summed E-state index contributed by atoms with van der Waals surface area (Å²) >= 11 is 0. The summed E-state index contributed by atoms with van der Waals surface area (Å²) < 4.78 is 15.8. The van der Waals surface area contributed by atoms with Crippen LogP contribution in [0, 0.1) is 47.5 Å². The van der Waals surface area contributed by atoms with Crippen molar-refractivity contribution in [2.75, 3.05) is 0 Å². The predicted molar refractivity (Wildman–Crippen MR) is 175 cm³/mol. The monoisotopic (exact) mass is 544 g/mol. The molecule has 0 bridgehead atoms. The molecule has 0 atom stereocenters. The Morgan fingerprint density at radius 3 is 1.38 bits per heavy atom. The second-order valence-corrected chi connectivity index (χ2v) is 14.9. The third-order valence-electron chi connectivity index (χ3n) is 8.21. The van der Waals surface area contributed by atoms with E-state index in [1.807, 2.05) is 0 Å². The first-order valence-electron chi connectivity index (χ1n) is 14.7. The largest absolute Gasteiger partial charge is 0.560 e. The molecule has 1 heterocycles. The smallest absolute Gasteiger partial charge is 0.547 e. The normalized spacial score (nSPS) is 16.4. The van der Waals surface area contributed by atoms with Gasteiger partial charge >= 0.3 is 7.25 Å². The molecule has 6 heteroatoms. The molecular formula is C34H52B2N2O2. The van der Waals surface area contributed by atoms with E-state index in [2.05, 4.69) is 146 Å². The van der Waals surface area contributed by atoms with Gasteiger partial charge in [0.2, 0.25) is 0 Å². The van der Waals surface area contributed by atoms with Gasteiger partial charge in [-0.1, -0.05) is 46.5 Å². The maximum Gasteiger partial charge on any atom is 0.547 e. The van der Waals surface area contributed by atoms with Crippen LogP contribution in [0.1, 0.15) is 114 Å². The highest BCUT2D eigenvalue weighted by Crippen LogP contribution is 2.39. The number of rotatable bonds is 4. The van der Waals surface area contributed by atoms with Crippen molar-refractivity contribution in [1.82, 2.24) is 4.72 Å². The third kappa shape index (κ3) is 6.58. The van der Waals surface area contributed by atoms with E-state index in [0.717, 1.165) is 0 Å². The molecule has 0 aliphatic carbocycles. The number of hydrogen-bond donors (Lipinski definition) is 0. The van der Waals surface area contributed by atoms with E-state index in [0.29, 0.717) is 0 Å². The highest BCUT2D eigenvalue weighted by atomic mass is 16.7.